The van der Waals surface area contributed by atoms with Gasteiger partial charge in [-0.2, -0.15) is 0 Å². The molecule has 0 aliphatic heterocycles. The topological polar surface area (TPSA) is 84.7 Å². The van der Waals surface area contributed by atoms with Crippen LogP contribution >= 0.6 is 12.2 Å². The van der Waals surface area contributed by atoms with Gasteiger partial charge in [-0.05, 0) is 19.1 Å². The van der Waals surface area contributed by atoms with E-state index in [9.17, 15) is 9.59 Å². The van der Waals surface area contributed by atoms with Gasteiger partial charge >= 0.3 is 0 Å². The van der Waals surface area contributed by atoms with E-state index in [0.29, 0.717) is 11.3 Å². The average Bonchev–Trinajstić information content (AvgIpc) is 2.44. The monoisotopic (exact) mass is 309 g/mol. The Balaban J connectivity index is 2.58. The van der Waals surface area contributed by atoms with Crippen LogP contribution < -0.4 is 15.8 Å². The van der Waals surface area contributed by atoms with Crippen molar-refractivity contribution < 1.29 is 14.3 Å². The van der Waals surface area contributed by atoms with Crippen LogP contribution in [0.25, 0.3) is 0 Å². The predicted octanol–water partition coefficient (Wildman–Crippen LogP) is 0.293. The smallest absolute Gasteiger partial charge is 0.258 e. The normalized spacial score (nSPS) is 11.4. The molecule has 7 heteroatoms. The van der Waals surface area contributed by atoms with Gasteiger partial charge in [-0.1, -0.05) is 24.4 Å². The molecule has 6 nitrogen and oxygen atoms in total. The van der Waals surface area contributed by atoms with Crippen LogP contribution in [0.2, 0.25) is 0 Å². The molecular weight excluding hydrogens is 290 g/mol. The van der Waals surface area contributed by atoms with Crippen molar-refractivity contribution in [3.63, 3.8) is 0 Å². The lowest BCUT2D eigenvalue weighted by Crippen LogP contribution is -2.45. The molecule has 114 valence electrons. The van der Waals surface area contributed by atoms with Crippen molar-refractivity contribution in [3.8, 4) is 5.75 Å². The molecule has 3 N–H and O–H groups in total. The molecule has 2 amide bonds. The van der Waals surface area contributed by atoms with Gasteiger partial charge in [0, 0.05) is 14.1 Å². The van der Waals surface area contributed by atoms with E-state index < -0.39 is 11.9 Å². The molecule has 0 heterocycles. The van der Waals surface area contributed by atoms with Crippen LogP contribution in [-0.4, -0.2) is 48.4 Å². The second kappa shape index (κ2) is 7.58. The minimum atomic E-state index is -0.609. The average molecular weight is 309 g/mol. The molecule has 0 bridgehead atoms. The van der Waals surface area contributed by atoms with Gasteiger partial charge in [-0.3, -0.25) is 9.59 Å². The van der Waals surface area contributed by atoms with E-state index in [2.05, 4.69) is 5.32 Å². The highest BCUT2D eigenvalue weighted by Gasteiger charge is 2.17. The summed E-state index contributed by atoms with van der Waals surface area (Å²) in [5, 5.41) is 2.56. The Kier molecular flexibility index (Phi) is 6.10. The van der Waals surface area contributed by atoms with Crippen molar-refractivity contribution in [3.05, 3.63) is 29.8 Å². The van der Waals surface area contributed by atoms with Crippen LogP contribution in [0.1, 0.15) is 12.5 Å². The van der Waals surface area contributed by atoms with E-state index >= 15 is 0 Å². The number of amides is 2. The number of ether oxygens (including phenoxy) is 1. The SMILES string of the molecule is CC(NC(=O)COc1ccccc1C(N)=S)C(=O)N(C)C. The number of carbonyl (C=O) groups is 2. The van der Waals surface area contributed by atoms with E-state index in [0.717, 1.165) is 0 Å². The molecule has 1 unspecified atom stereocenters. The maximum atomic E-state index is 11.8. The molecule has 0 saturated carbocycles. The van der Waals surface area contributed by atoms with E-state index in [1.54, 1.807) is 45.3 Å². The standard InChI is InChI=1S/C14H19N3O3S/c1-9(14(19)17(2)3)16-12(18)8-20-11-7-5-4-6-10(11)13(15)21/h4-7,9H,8H2,1-3H3,(H2,15,21)(H,16,18). The van der Waals surface area contributed by atoms with Crippen LogP contribution in [0.3, 0.4) is 0 Å². The molecule has 1 aromatic rings. The Morgan fingerprint density at radius 3 is 2.57 bits per heavy atom. The largest absolute Gasteiger partial charge is 0.483 e. The predicted molar refractivity (Wildman–Crippen MR) is 84.1 cm³/mol. The van der Waals surface area contributed by atoms with Crippen molar-refractivity contribution in [1.29, 1.82) is 0 Å². The number of hydrogen-bond donors (Lipinski definition) is 2. The summed E-state index contributed by atoms with van der Waals surface area (Å²) < 4.78 is 5.40. The van der Waals surface area contributed by atoms with Crippen LogP contribution in [0.5, 0.6) is 5.75 Å². The van der Waals surface area contributed by atoms with Gasteiger partial charge in [0.25, 0.3) is 5.91 Å². The lowest BCUT2D eigenvalue weighted by Gasteiger charge is -2.18. The van der Waals surface area contributed by atoms with E-state index in [-0.39, 0.29) is 17.5 Å². The number of likely N-dealkylation sites (N-methyl/N-ethyl adjacent to an activating group) is 1. The first kappa shape index (κ1) is 16.9. The van der Waals surface area contributed by atoms with Gasteiger partial charge in [-0.15, -0.1) is 0 Å². The summed E-state index contributed by atoms with van der Waals surface area (Å²) in [6, 6.07) is 6.32. The number of para-hydroxylation sites is 1. The van der Waals surface area contributed by atoms with Gasteiger partial charge in [0.05, 0.1) is 5.56 Å². The zero-order valence-electron chi connectivity index (χ0n) is 12.3. The van der Waals surface area contributed by atoms with Crippen LogP contribution in [0.4, 0.5) is 0 Å². The van der Waals surface area contributed by atoms with Gasteiger partial charge < -0.3 is 20.7 Å². The number of nitrogens with two attached hydrogens (primary N) is 1. The highest BCUT2D eigenvalue weighted by Crippen LogP contribution is 2.17. The van der Waals surface area contributed by atoms with Gasteiger partial charge in [0.1, 0.15) is 16.8 Å². The summed E-state index contributed by atoms with van der Waals surface area (Å²) in [5.41, 5.74) is 6.14. The highest BCUT2D eigenvalue weighted by atomic mass is 32.1. The maximum absolute atomic E-state index is 11.8. The fourth-order valence-corrected chi connectivity index (χ4v) is 1.84. The summed E-state index contributed by atoms with van der Waals surface area (Å²) >= 11 is 4.91. The Morgan fingerprint density at radius 1 is 1.38 bits per heavy atom. The first-order valence-electron chi connectivity index (χ1n) is 6.35. The quantitative estimate of drug-likeness (QED) is 0.738. The molecular formula is C14H19N3O3S. The Hall–Kier alpha value is -2.15. The van der Waals surface area contributed by atoms with E-state index in [4.69, 9.17) is 22.7 Å². The summed E-state index contributed by atoms with van der Waals surface area (Å²) in [7, 11) is 3.25. The number of thiocarbonyl (C=S) groups is 1. The molecule has 0 aromatic heterocycles. The third-order valence-corrected chi connectivity index (χ3v) is 2.92. The van der Waals surface area contributed by atoms with Crippen LogP contribution in [0, 0.1) is 0 Å². The van der Waals surface area contributed by atoms with Gasteiger partial charge in [-0.25, -0.2) is 0 Å². The number of benzene rings is 1. The number of rotatable bonds is 6. The van der Waals surface area contributed by atoms with Crippen molar-refractivity contribution in [2.24, 2.45) is 5.73 Å². The zero-order valence-corrected chi connectivity index (χ0v) is 13.1. The van der Waals surface area contributed by atoms with Crippen LogP contribution in [-0.2, 0) is 9.59 Å². The molecule has 21 heavy (non-hydrogen) atoms. The molecule has 0 aliphatic carbocycles. The molecule has 0 aliphatic rings. The summed E-state index contributed by atoms with van der Waals surface area (Å²) in [4.78, 5) is 25.0. The van der Waals surface area contributed by atoms with Crippen molar-refractivity contribution in [1.82, 2.24) is 10.2 Å². The molecule has 0 saturated heterocycles. The fraction of sp³-hybridized carbons (Fsp3) is 0.357. The number of hydrogen-bond acceptors (Lipinski definition) is 4. The fourth-order valence-electron chi connectivity index (χ4n) is 1.67. The molecule has 0 spiro atoms. The minimum Gasteiger partial charge on any atom is -0.483 e. The van der Waals surface area contributed by atoms with E-state index in [1.807, 2.05) is 0 Å². The summed E-state index contributed by atoms with van der Waals surface area (Å²) in [5.74, 6) is -0.144. The Labute approximate surface area is 129 Å². The molecule has 0 fully saturated rings. The third kappa shape index (κ3) is 5.03. The second-order valence-corrected chi connectivity index (χ2v) is 5.11. The van der Waals surface area contributed by atoms with Gasteiger partial charge in [0.2, 0.25) is 5.91 Å². The minimum absolute atomic E-state index is 0.188. The second-order valence-electron chi connectivity index (χ2n) is 4.67. The summed E-state index contributed by atoms with van der Waals surface area (Å²) in [6.45, 7) is 1.40. The molecule has 1 atom stereocenters. The number of nitrogens with one attached hydrogen (secondary N) is 1. The Morgan fingerprint density at radius 2 is 2.00 bits per heavy atom. The molecule has 0 radical (unpaired) electrons. The third-order valence-electron chi connectivity index (χ3n) is 2.70. The van der Waals surface area contributed by atoms with Crippen LogP contribution in [0.15, 0.2) is 24.3 Å². The first-order chi connectivity index (χ1) is 9.82. The highest BCUT2D eigenvalue weighted by molar-refractivity contribution is 7.80. The molecule has 1 aromatic carbocycles. The lowest BCUT2D eigenvalue weighted by molar-refractivity contribution is -0.134. The first-order valence-corrected chi connectivity index (χ1v) is 6.76. The number of nitrogens with zero attached hydrogens (tertiary/aromatic N) is 1. The number of carbonyl (C=O) groups excluding carboxylic acids is 2. The van der Waals surface area contributed by atoms with Gasteiger partial charge in [0.15, 0.2) is 6.61 Å². The van der Waals surface area contributed by atoms with E-state index in [1.165, 1.54) is 4.90 Å². The molecule has 1 rings (SSSR count). The Bertz CT molecular complexity index is 546. The zero-order chi connectivity index (χ0) is 16.0. The van der Waals surface area contributed by atoms with Crippen molar-refractivity contribution >= 4 is 29.0 Å². The van der Waals surface area contributed by atoms with Crippen molar-refractivity contribution in [2.75, 3.05) is 20.7 Å². The lowest BCUT2D eigenvalue weighted by atomic mass is 10.2. The summed E-state index contributed by atoms with van der Waals surface area (Å²) in [6.07, 6.45) is 0. The maximum Gasteiger partial charge on any atom is 0.258 e. The van der Waals surface area contributed by atoms with Crippen molar-refractivity contribution in [2.45, 2.75) is 13.0 Å².